The van der Waals surface area contributed by atoms with Crippen LogP contribution in [-0.2, 0) is 14.3 Å². The van der Waals surface area contributed by atoms with E-state index in [1.165, 1.54) is 22.3 Å². The molecular formula is C26H30N2O5. The fourth-order valence-electron chi connectivity index (χ4n) is 4.89. The minimum atomic E-state index is -0.843. The Labute approximate surface area is 193 Å². The van der Waals surface area contributed by atoms with Crippen molar-refractivity contribution in [2.24, 2.45) is 11.8 Å². The van der Waals surface area contributed by atoms with E-state index < -0.39 is 18.0 Å². The third-order valence-corrected chi connectivity index (χ3v) is 6.71. The van der Waals surface area contributed by atoms with E-state index in [9.17, 15) is 19.5 Å². The van der Waals surface area contributed by atoms with Gasteiger partial charge in [0.25, 0.3) is 0 Å². The van der Waals surface area contributed by atoms with Gasteiger partial charge in [0.1, 0.15) is 6.61 Å². The molecule has 33 heavy (non-hydrogen) atoms. The summed E-state index contributed by atoms with van der Waals surface area (Å²) >= 11 is 0. The monoisotopic (exact) mass is 450 g/mol. The van der Waals surface area contributed by atoms with Gasteiger partial charge in [0.2, 0.25) is 5.91 Å². The van der Waals surface area contributed by atoms with Gasteiger partial charge in [-0.25, -0.2) is 4.79 Å². The average molecular weight is 451 g/mol. The number of nitrogens with zero attached hydrogens (tertiary/aromatic N) is 1. The van der Waals surface area contributed by atoms with Crippen molar-refractivity contribution in [3.63, 3.8) is 0 Å². The third kappa shape index (κ3) is 5.02. The van der Waals surface area contributed by atoms with Gasteiger partial charge in [-0.15, -0.1) is 0 Å². The first-order valence-electron chi connectivity index (χ1n) is 11.5. The molecule has 0 radical (unpaired) electrons. The fourth-order valence-corrected chi connectivity index (χ4v) is 4.89. The molecule has 2 aromatic rings. The highest BCUT2D eigenvalue weighted by atomic mass is 16.5. The Hall–Kier alpha value is -3.35. The van der Waals surface area contributed by atoms with Crippen molar-refractivity contribution in [2.45, 2.75) is 32.1 Å². The molecule has 0 aromatic heterocycles. The molecule has 1 fully saturated rings. The molecule has 0 saturated carbocycles. The molecule has 174 valence electrons. The van der Waals surface area contributed by atoms with Crippen molar-refractivity contribution >= 4 is 18.0 Å². The second-order valence-electron chi connectivity index (χ2n) is 8.93. The van der Waals surface area contributed by atoms with Crippen LogP contribution in [-0.4, -0.2) is 54.2 Å². The Morgan fingerprint density at radius 2 is 1.64 bits per heavy atom. The topological polar surface area (TPSA) is 95.9 Å². The van der Waals surface area contributed by atoms with E-state index in [0.717, 1.165) is 0 Å². The zero-order valence-electron chi connectivity index (χ0n) is 18.8. The summed E-state index contributed by atoms with van der Waals surface area (Å²) < 4.78 is 5.51. The van der Waals surface area contributed by atoms with E-state index >= 15 is 0 Å². The summed E-state index contributed by atoms with van der Waals surface area (Å²) in [6.45, 7) is 3.35. The number of carboxylic acid groups (broad SMARTS) is 1. The van der Waals surface area contributed by atoms with Crippen molar-refractivity contribution in [2.75, 3.05) is 26.2 Å². The summed E-state index contributed by atoms with van der Waals surface area (Å²) in [6.07, 6.45) is 1.18. The number of carbonyl (C=O) groups excluding carboxylic acids is 2. The molecule has 0 bridgehead atoms. The molecule has 2 aromatic carbocycles. The van der Waals surface area contributed by atoms with Crippen molar-refractivity contribution in [3.05, 3.63) is 59.7 Å². The Morgan fingerprint density at radius 3 is 2.24 bits per heavy atom. The van der Waals surface area contributed by atoms with Gasteiger partial charge in [-0.3, -0.25) is 9.59 Å². The molecule has 4 rings (SSSR count). The van der Waals surface area contributed by atoms with Gasteiger partial charge in [-0.1, -0.05) is 55.5 Å². The summed E-state index contributed by atoms with van der Waals surface area (Å²) in [5.41, 5.74) is 4.72. The molecule has 2 atom stereocenters. The molecule has 1 aliphatic heterocycles. The first-order valence-corrected chi connectivity index (χ1v) is 11.5. The molecule has 2 unspecified atom stereocenters. The van der Waals surface area contributed by atoms with Gasteiger partial charge in [0.15, 0.2) is 0 Å². The minimum Gasteiger partial charge on any atom is -0.481 e. The number of rotatable bonds is 8. The highest BCUT2D eigenvalue weighted by Gasteiger charge is 2.36. The first kappa shape index (κ1) is 22.8. The van der Waals surface area contributed by atoms with Gasteiger partial charge in [-0.2, -0.15) is 0 Å². The van der Waals surface area contributed by atoms with Crippen molar-refractivity contribution < 1.29 is 24.2 Å². The lowest BCUT2D eigenvalue weighted by molar-refractivity contribution is -0.142. The maximum atomic E-state index is 12.3. The van der Waals surface area contributed by atoms with Gasteiger partial charge in [0, 0.05) is 32.0 Å². The largest absolute Gasteiger partial charge is 0.481 e. The number of benzene rings is 2. The number of amides is 2. The average Bonchev–Trinajstić information content (AvgIpc) is 3.36. The number of alkyl carbamates (subject to hydrolysis) is 1. The van der Waals surface area contributed by atoms with Crippen LogP contribution in [0.3, 0.4) is 0 Å². The number of ether oxygens (including phenoxy) is 1. The summed E-state index contributed by atoms with van der Waals surface area (Å²) in [4.78, 5) is 37.4. The number of carbonyl (C=O) groups is 3. The van der Waals surface area contributed by atoms with E-state index in [2.05, 4.69) is 29.6 Å². The SMILES string of the molecule is CC1CN(C(=O)CCCCNC(=O)OCC2c3ccccc3-c3ccccc32)CC1C(=O)O. The van der Waals surface area contributed by atoms with Gasteiger partial charge in [0.05, 0.1) is 5.92 Å². The Kier molecular flexibility index (Phi) is 6.96. The number of carboxylic acids is 1. The predicted molar refractivity (Wildman–Crippen MR) is 124 cm³/mol. The number of fused-ring (bicyclic) bond motifs is 3. The molecular weight excluding hydrogens is 420 g/mol. The number of likely N-dealkylation sites (tertiary alicyclic amines) is 1. The standard InChI is InChI=1S/C26H30N2O5/c1-17-14-28(15-22(17)25(30)31)24(29)12-6-7-13-27-26(32)33-16-23-20-10-4-2-8-18(20)19-9-3-5-11-21(19)23/h2-5,8-11,17,22-23H,6-7,12-16H2,1H3,(H,27,32)(H,30,31). The molecule has 2 amide bonds. The zero-order valence-corrected chi connectivity index (χ0v) is 18.8. The van der Waals surface area contributed by atoms with E-state index in [0.29, 0.717) is 32.4 Å². The number of unbranched alkanes of at least 4 members (excludes halogenated alkanes) is 1. The molecule has 2 aliphatic rings. The molecule has 1 saturated heterocycles. The normalized spacial score (nSPS) is 19.1. The maximum Gasteiger partial charge on any atom is 0.407 e. The number of hydrogen-bond donors (Lipinski definition) is 2. The Balaban J connectivity index is 1.17. The van der Waals surface area contributed by atoms with Crippen LogP contribution in [0, 0.1) is 11.8 Å². The molecule has 7 heteroatoms. The van der Waals surface area contributed by atoms with Gasteiger partial charge < -0.3 is 20.1 Å². The quantitative estimate of drug-likeness (QED) is 0.595. The summed E-state index contributed by atoms with van der Waals surface area (Å²) in [7, 11) is 0. The smallest absolute Gasteiger partial charge is 0.407 e. The predicted octanol–water partition coefficient (Wildman–Crippen LogP) is 3.87. The van der Waals surface area contributed by atoms with E-state index in [-0.39, 0.29) is 30.9 Å². The zero-order chi connectivity index (χ0) is 23.4. The van der Waals surface area contributed by atoms with Crippen LogP contribution in [0.5, 0.6) is 0 Å². The fraction of sp³-hybridized carbons (Fsp3) is 0.423. The highest BCUT2D eigenvalue weighted by molar-refractivity contribution is 5.80. The molecule has 2 N–H and O–H groups in total. The van der Waals surface area contributed by atoms with Gasteiger partial charge in [-0.05, 0) is 41.0 Å². The molecule has 7 nitrogen and oxygen atoms in total. The number of aliphatic carboxylic acids is 1. The second-order valence-corrected chi connectivity index (χ2v) is 8.93. The minimum absolute atomic E-state index is 0.0215. The molecule has 1 heterocycles. The molecule has 0 spiro atoms. The highest BCUT2D eigenvalue weighted by Crippen LogP contribution is 2.44. The summed E-state index contributed by atoms with van der Waals surface area (Å²) in [6, 6.07) is 16.4. The van der Waals surface area contributed by atoms with Gasteiger partial charge >= 0.3 is 12.1 Å². The lowest BCUT2D eigenvalue weighted by Crippen LogP contribution is -2.30. The lowest BCUT2D eigenvalue weighted by Gasteiger charge is -2.16. The van der Waals surface area contributed by atoms with Crippen molar-refractivity contribution in [1.82, 2.24) is 10.2 Å². The van der Waals surface area contributed by atoms with Crippen LogP contribution < -0.4 is 5.32 Å². The summed E-state index contributed by atoms with van der Waals surface area (Å²) in [5.74, 6) is -1.35. The maximum absolute atomic E-state index is 12.3. The Morgan fingerprint density at radius 1 is 1.00 bits per heavy atom. The number of nitrogens with one attached hydrogen (secondary N) is 1. The van der Waals surface area contributed by atoms with Crippen molar-refractivity contribution in [3.8, 4) is 11.1 Å². The van der Waals surface area contributed by atoms with Crippen LogP contribution >= 0.6 is 0 Å². The van der Waals surface area contributed by atoms with Crippen LogP contribution in [0.25, 0.3) is 11.1 Å². The molecule has 1 aliphatic carbocycles. The van der Waals surface area contributed by atoms with Crippen LogP contribution in [0.1, 0.15) is 43.2 Å². The van der Waals surface area contributed by atoms with E-state index in [4.69, 9.17) is 4.74 Å². The lowest BCUT2D eigenvalue weighted by atomic mass is 9.98. The van der Waals surface area contributed by atoms with Crippen LogP contribution in [0.2, 0.25) is 0 Å². The third-order valence-electron chi connectivity index (χ3n) is 6.71. The van der Waals surface area contributed by atoms with Crippen LogP contribution in [0.15, 0.2) is 48.5 Å². The number of hydrogen-bond acceptors (Lipinski definition) is 4. The van der Waals surface area contributed by atoms with Crippen LogP contribution in [0.4, 0.5) is 4.79 Å². The van der Waals surface area contributed by atoms with E-state index in [1.807, 2.05) is 31.2 Å². The Bertz CT molecular complexity index is 991. The van der Waals surface area contributed by atoms with E-state index in [1.54, 1.807) is 4.90 Å². The summed E-state index contributed by atoms with van der Waals surface area (Å²) in [5, 5.41) is 12.0. The first-order chi connectivity index (χ1) is 16.0. The van der Waals surface area contributed by atoms with Crippen molar-refractivity contribution in [1.29, 1.82) is 0 Å². The second kappa shape index (κ2) is 10.1.